The third-order valence-corrected chi connectivity index (χ3v) is 5.30. The molecule has 0 spiro atoms. The molecule has 2 aliphatic carbocycles. The minimum Gasteiger partial charge on any atom is -0.493 e. The van der Waals surface area contributed by atoms with Crippen LogP contribution in [-0.4, -0.2) is 28.4 Å². The molecule has 0 radical (unpaired) electrons. The Hall–Kier alpha value is -2.62. The highest BCUT2D eigenvalue weighted by Gasteiger charge is 2.33. The van der Waals surface area contributed by atoms with Gasteiger partial charge in [-0.05, 0) is 67.9 Å². The van der Waals surface area contributed by atoms with E-state index in [1.165, 1.54) is 6.42 Å². The molecular formula is C23H26N2O2. The molecule has 0 bridgehead atoms. The maximum absolute atomic E-state index is 12.8. The Morgan fingerprint density at radius 2 is 1.96 bits per heavy atom. The van der Waals surface area contributed by atoms with Gasteiger partial charge in [0.1, 0.15) is 5.75 Å². The number of carbonyl (C=O) groups excluding carboxylic acids is 1. The van der Waals surface area contributed by atoms with Crippen LogP contribution in [0.4, 0.5) is 0 Å². The van der Waals surface area contributed by atoms with Crippen molar-refractivity contribution in [2.24, 2.45) is 5.92 Å². The van der Waals surface area contributed by atoms with E-state index in [4.69, 9.17) is 4.74 Å². The lowest BCUT2D eigenvalue weighted by Crippen LogP contribution is -2.32. The van der Waals surface area contributed by atoms with Crippen LogP contribution in [0.5, 0.6) is 5.75 Å². The Morgan fingerprint density at radius 3 is 2.63 bits per heavy atom. The maximum Gasteiger partial charge on any atom is 0.255 e. The number of allylic oxidation sites excluding steroid dienone is 2. The van der Waals surface area contributed by atoms with Crippen molar-refractivity contribution in [1.29, 1.82) is 0 Å². The fourth-order valence-electron chi connectivity index (χ4n) is 3.52. The molecule has 1 saturated carbocycles. The van der Waals surface area contributed by atoms with Crippen LogP contribution in [0.1, 0.15) is 48.0 Å². The molecule has 140 valence electrons. The Bertz CT molecular complexity index is 782. The Morgan fingerprint density at radius 1 is 1.11 bits per heavy atom. The average molecular weight is 362 g/mol. The van der Waals surface area contributed by atoms with Crippen LogP contribution in [0.2, 0.25) is 0 Å². The molecular weight excluding hydrogens is 336 g/mol. The van der Waals surface area contributed by atoms with Gasteiger partial charge < -0.3 is 9.64 Å². The molecule has 0 N–H and O–H groups in total. The van der Waals surface area contributed by atoms with E-state index >= 15 is 0 Å². The number of hydrogen-bond donors (Lipinski definition) is 0. The predicted molar refractivity (Wildman–Crippen MR) is 106 cm³/mol. The molecule has 1 fully saturated rings. The Labute approximate surface area is 160 Å². The van der Waals surface area contributed by atoms with E-state index in [9.17, 15) is 4.79 Å². The number of amides is 1. The van der Waals surface area contributed by atoms with Gasteiger partial charge in [0, 0.05) is 25.0 Å². The van der Waals surface area contributed by atoms with Gasteiger partial charge in [0.2, 0.25) is 0 Å². The first kappa shape index (κ1) is 17.8. The molecule has 1 amide bonds. The van der Waals surface area contributed by atoms with E-state index in [-0.39, 0.29) is 5.91 Å². The second-order valence-corrected chi connectivity index (χ2v) is 7.51. The molecule has 1 heterocycles. The number of ether oxygens (including phenoxy) is 1. The third kappa shape index (κ3) is 4.76. The molecule has 2 aromatic rings. The quantitative estimate of drug-likeness (QED) is 0.675. The lowest BCUT2D eigenvalue weighted by Gasteiger charge is -2.23. The molecule has 2 aliphatic rings. The topological polar surface area (TPSA) is 42.4 Å². The summed E-state index contributed by atoms with van der Waals surface area (Å²) in [5.74, 6) is 1.60. The van der Waals surface area contributed by atoms with Crippen molar-refractivity contribution >= 4 is 5.91 Å². The van der Waals surface area contributed by atoms with Crippen LogP contribution >= 0.6 is 0 Å². The molecule has 0 unspecified atom stereocenters. The summed E-state index contributed by atoms with van der Waals surface area (Å²) in [5.41, 5.74) is 1.79. The molecule has 1 aromatic heterocycles. The van der Waals surface area contributed by atoms with Crippen LogP contribution in [0.25, 0.3) is 0 Å². The summed E-state index contributed by atoms with van der Waals surface area (Å²) in [6, 6.07) is 12.2. The highest BCUT2D eigenvalue weighted by molar-refractivity contribution is 5.94. The summed E-state index contributed by atoms with van der Waals surface area (Å²) in [4.78, 5) is 18.9. The molecule has 0 aliphatic heterocycles. The van der Waals surface area contributed by atoms with Crippen LogP contribution < -0.4 is 4.74 Å². The van der Waals surface area contributed by atoms with Crippen LogP contribution in [0.15, 0.2) is 60.9 Å². The molecule has 1 atom stereocenters. The smallest absolute Gasteiger partial charge is 0.255 e. The van der Waals surface area contributed by atoms with E-state index in [2.05, 4.69) is 29.3 Å². The van der Waals surface area contributed by atoms with E-state index in [1.807, 2.05) is 29.2 Å². The zero-order valence-corrected chi connectivity index (χ0v) is 15.6. The van der Waals surface area contributed by atoms with E-state index in [0.29, 0.717) is 24.1 Å². The zero-order chi connectivity index (χ0) is 18.5. The number of hydrogen-bond acceptors (Lipinski definition) is 3. The maximum atomic E-state index is 12.8. The highest BCUT2D eigenvalue weighted by Crippen LogP contribution is 2.30. The average Bonchev–Trinajstić information content (AvgIpc) is 3.57. The number of nitrogens with zero attached hydrogens (tertiary/aromatic N) is 2. The van der Waals surface area contributed by atoms with Gasteiger partial charge in [0.25, 0.3) is 5.91 Å². The van der Waals surface area contributed by atoms with Crippen molar-refractivity contribution in [3.63, 3.8) is 0 Å². The second-order valence-electron chi connectivity index (χ2n) is 7.51. The standard InChI is InChI=1S/C23H26N2O2/c26-23(20-7-4-14-24-15-20)25(21-10-11-21)16-18-8-12-22(13-9-18)27-17-19-5-2-1-3-6-19/h1-2,4,7-9,12-15,19,21H,3,5-6,10-11,16-17H2/t19-/m0/s1. The Balaban J connectivity index is 1.36. The van der Waals surface area contributed by atoms with E-state index in [0.717, 1.165) is 43.6 Å². The van der Waals surface area contributed by atoms with Gasteiger partial charge in [-0.3, -0.25) is 9.78 Å². The van der Waals surface area contributed by atoms with E-state index in [1.54, 1.807) is 12.4 Å². The summed E-state index contributed by atoms with van der Waals surface area (Å²) in [7, 11) is 0. The molecule has 0 saturated heterocycles. The van der Waals surface area contributed by atoms with Crippen molar-refractivity contribution in [1.82, 2.24) is 9.88 Å². The summed E-state index contributed by atoms with van der Waals surface area (Å²) in [5, 5.41) is 0. The normalized spacial score (nSPS) is 18.9. The fraction of sp³-hybridized carbons (Fsp3) is 0.391. The number of benzene rings is 1. The number of pyridine rings is 1. The van der Waals surface area contributed by atoms with Gasteiger partial charge in [-0.25, -0.2) is 0 Å². The Kier molecular flexibility index (Phi) is 5.52. The lowest BCUT2D eigenvalue weighted by atomic mass is 9.95. The summed E-state index contributed by atoms with van der Waals surface area (Å²) >= 11 is 0. The zero-order valence-electron chi connectivity index (χ0n) is 15.6. The number of aromatic nitrogens is 1. The monoisotopic (exact) mass is 362 g/mol. The number of carbonyl (C=O) groups is 1. The van der Waals surface area contributed by atoms with Gasteiger partial charge in [0.15, 0.2) is 0 Å². The van der Waals surface area contributed by atoms with Crippen LogP contribution in [0.3, 0.4) is 0 Å². The predicted octanol–water partition coefficient (Wildman–Crippen LogP) is 4.62. The first-order valence-electron chi connectivity index (χ1n) is 9.87. The summed E-state index contributed by atoms with van der Waals surface area (Å²) in [6.45, 7) is 1.41. The summed E-state index contributed by atoms with van der Waals surface area (Å²) in [6.07, 6.45) is 13.5. The van der Waals surface area contributed by atoms with Crippen molar-refractivity contribution in [2.75, 3.05) is 6.61 Å². The van der Waals surface area contributed by atoms with Gasteiger partial charge in [-0.1, -0.05) is 24.3 Å². The fourth-order valence-corrected chi connectivity index (χ4v) is 3.52. The first-order chi connectivity index (χ1) is 13.3. The van der Waals surface area contributed by atoms with Crippen molar-refractivity contribution in [2.45, 2.75) is 44.7 Å². The van der Waals surface area contributed by atoms with Gasteiger partial charge >= 0.3 is 0 Å². The van der Waals surface area contributed by atoms with Gasteiger partial charge in [0.05, 0.1) is 12.2 Å². The minimum absolute atomic E-state index is 0.0660. The lowest BCUT2D eigenvalue weighted by molar-refractivity contribution is 0.0729. The van der Waals surface area contributed by atoms with Crippen LogP contribution in [-0.2, 0) is 6.54 Å². The third-order valence-electron chi connectivity index (χ3n) is 5.30. The van der Waals surface area contributed by atoms with Crippen molar-refractivity contribution < 1.29 is 9.53 Å². The second kappa shape index (κ2) is 8.38. The van der Waals surface area contributed by atoms with Crippen molar-refractivity contribution in [3.8, 4) is 5.75 Å². The first-order valence-corrected chi connectivity index (χ1v) is 9.87. The highest BCUT2D eigenvalue weighted by atomic mass is 16.5. The molecule has 27 heavy (non-hydrogen) atoms. The van der Waals surface area contributed by atoms with Gasteiger partial charge in [-0.2, -0.15) is 0 Å². The van der Waals surface area contributed by atoms with Crippen molar-refractivity contribution in [3.05, 3.63) is 72.1 Å². The van der Waals surface area contributed by atoms with E-state index < -0.39 is 0 Å². The molecule has 1 aromatic carbocycles. The molecule has 4 nitrogen and oxygen atoms in total. The SMILES string of the molecule is O=C(c1cccnc1)N(Cc1ccc(OC[C@H]2CC=CCC2)cc1)C1CC1. The van der Waals surface area contributed by atoms with Gasteiger partial charge in [-0.15, -0.1) is 0 Å². The number of rotatable bonds is 7. The molecule has 4 rings (SSSR count). The summed E-state index contributed by atoms with van der Waals surface area (Å²) < 4.78 is 5.96. The minimum atomic E-state index is 0.0660. The molecule has 4 heteroatoms. The van der Waals surface area contributed by atoms with Crippen LogP contribution in [0, 0.1) is 5.92 Å². The largest absolute Gasteiger partial charge is 0.493 e.